The molecule has 1 aliphatic rings. The van der Waals surface area contributed by atoms with Crippen molar-refractivity contribution in [2.24, 2.45) is 5.73 Å². The van der Waals surface area contributed by atoms with Gasteiger partial charge in [0.25, 0.3) is 5.92 Å². The lowest BCUT2D eigenvalue weighted by atomic mass is 10.1. The molecule has 5 nitrogen and oxygen atoms in total. The molecule has 0 aliphatic carbocycles. The van der Waals surface area contributed by atoms with Gasteiger partial charge in [0, 0.05) is 40.8 Å². The molecule has 3 aromatic rings. The number of amides is 1. The van der Waals surface area contributed by atoms with Crippen molar-refractivity contribution in [2.45, 2.75) is 12.5 Å². The highest BCUT2D eigenvalue weighted by atomic mass is 32.1. The van der Waals surface area contributed by atoms with Crippen LogP contribution in [-0.4, -0.2) is 39.5 Å². The van der Waals surface area contributed by atoms with Crippen LogP contribution in [0.25, 0.3) is 22.2 Å². The summed E-state index contributed by atoms with van der Waals surface area (Å²) in [5.41, 5.74) is 7.59. The van der Waals surface area contributed by atoms with Crippen LogP contribution >= 0.6 is 11.3 Å². The molecule has 123 valence electrons. The third kappa shape index (κ3) is 2.67. The normalized spacial score (nSPS) is 17.1. The van der Waals surface area contributed by atoms with Gasteiger partial charge >= 0.3 is 6.03 Å². The van der Waals surface area contributed by atoms with Crippen LogP contribution in [0.5, 0.6) is 0 Å². The standard InChI is InChI=1S/C16H13F2N4OS/c17-16(18)8-21(9-16)6-13-4-12(7-24-13)11-3-10-1-2-22(15(19)23)14(10)20-5-11/h2-5,7H,6,8-9H2,(H2,19,23). The Morgan fingerprint density at radius 3 is 2.88 bits per heavy atom. The number of pyridine rings is 1. The molecule has 1 radical (unpaired) electrons. The highest BCUT2D eigenvalue weighted by Gasteiger charge is 2.43. The number of carbonyl (C=O) groups excluding carboxylic acids is 1. The van der Waals surface area contributed by atoms with Gasteiger partial charge in [-0.3, -0.25) is 9.47 Å². The van der Waals surface area contributed by atoms with E-state index in [0.29, 0.717) is 17.6 Å². The Morgan fingerprint density at radius 2 is 2.17 bits per heavy atom. The Bertz CT molecular complexity index is 925. The largest absolute Gasteiger partial charge is 0.351 e. The van der Waals surface area contributed by atoms with E-state index in [2.05, 4.69) is 11.1 Å². The summed E-state index contributed by atoms with van der Waals surface area (Å²) in [6.07, 6.45) is 3.13. The molecule has 4 heterocycles. The van der Waals surface area contributed by atoms with Crippen LogP contribution in [0.1, 0.15) is 4.88 Å². The van der Waals surface area contributed by atoms with E-state index in [0.717, 1.165) is 16.0 Å². The third-order valence-electron chi connectivity index (χ3n) is 3.96. The first kappa shape index (κ1) is 15.2. The number of alkyl halides is 2. The molecular weight excluding hydrogens is 334 g/mol. The van der Waals surface area contributed by atoms with Gasteiger partial charge in [-0.25, -0.2) is 18.6 Å². The summed E-state index contributed by atoms with van der Waals surface area (Å²) < 4.78 is 27.0. The van der Waals surface area contributed by atoms with E-state index < -0.39 is 12.0 Å². The number of carbonyl (C=O) groups is 1. The lowest BCUT2D eigenvalue weighted by Crippen LogP contribution is -2.55. The van der Waals surface area contributed by atoms with Gasteiger partial charge in [0.1, 0.15) is 5.65 Å². The predicted molar refractivity (Wildman–Crippen MR) is 87.1 cm³/mol. The Labute approximate surface area is 140 Å². The van der Waals surface area contributed by atoms with Crippen molar-refractivity contribution in [1.82, 2.24) is 14.5 Å². The molecule has 1 fully saturated rings. The molecule has 1 saturated heterocycles. The van der Waals surface area contributed by atoms with Gasteiger partial charge in [-0.15, -0.1) is 11.3 Å². The summed E-state index contributed by atoms with van der Waals surface area (Å²) in [5, 5.41) is 2.67. The van der Waals surface area contributed by atoms with E-state index in [1.165, 1.54) is 22.1 Å². The minimum absolute atomic E-state index is 0.177. The number of nitrogens with zero attached hydrogens (tertiary/aromatic N) is 3. The summed E-state index contributed by atoms with van der Waals surface area (Å²) in [6, 6.07) is 6.21. The molecule has 0 spiro atoms. The average molecular weight is 347 g/mol. The molecule has 0 saturated carbocycles. The molecule has 0 bridgehead atoms. The summed E-state index contributed by atoms with van der Waals surface area (Å²) >= 11 is 1.53. The molecule has 0 atom stereocenters. The van der Waals surface area contributed by atoms with Gasteiger partial charge in [-0.1, -0.05) is 0 Å². The van der Waals surface area contributed by atoms with Crippen LogP contribution in [0.3, 0.4) is 0 Å². The highest BCUT2D eigenvalue weighted by Crippen LogP contribution is 2.32. The zero-order valence-corrected chi connectivity index (χ0v) is 13.3. The number of aromatic nitrogens is 2. The molecule has 8 heteroatoms. The maximum absolute atomic E-state index is 12.9. The maximum Gasteiger partial charge on any atom is 0.324 e. The summed E-state index contributed by atoms with van der Waals surface area (Å²) in [6.45, 7) is 0.173. The van der Waals surface area contributed by atoms with Gasteiger partial charge in [0.15, 0.2) is 0 Å². The monoisotopic (exact) mass is 347 g/mol. The van der Waals surface area contributed by atoms with Crippen LogP contribution in [0.4, 0.5) is 13.6 Å². The Balaban J connectivity index is 1.56. The molecule has 1 aliphatic heterocycles. The number of hydrogen-bond acceptors (Lipinski definition) is 4. The van der Waals surface area contributed by atoms with Gasteiger partial charge in [-0.2, -0.15) is 0 Å². The molecular formula is C16H13F2N4OS. The van der Waals surface area contributed by atoms with E-state index in [9.17, 15) is 13.6 Å². The van der Waals surface area contributed by atoms with Crippen LogP contribution in [0.15, 0.2) is 29.9 Å². The number of rotatable bonds is 3. The van der Waals surface area contributed by atoms with E-state index >= 15 is 0 Å². The van der Waals surface area contributed by atoms with Gasteiger partial charge in [-0.05, 0) is 23.1 Å². The Kier molecular flexibility index (Phi) is 3.40. The second kappa shape index (κ2) is 5.35. The highest BCUT2D eigenvalue weighted by molar-refractivity contribution is 7.10. The summed E-state index contributed by atoms with van der Waals surface area (Å²) in [7, 11) is 0. The predicted octanol–water partition coefficient (Wildman–Crippen LogP) is 2.94. The molecule has 0 aromatic carbocycles. The van der Waals surface area contributed by atoms with E-state index in [4.69, 9.17) is 5.73 Å². The van der Waals surface area contributed by atoms with Gasteiger partial charge < -0.3 is 5.73 Å². The fourth-order valence-electron chi connectivity index (χ4n) is 2.83. The molecule has 3 aromatic heterocycles. The number of primary amides is 1. The van der Waals surface area contributed by atoms with Gasteiger partial charge in [0.2, 0.25) is 0 Å². The third-order valence-corrected chi connectivity index (χ3v) is 4.88. The molecule has 0 unspecified atom stereocenters. The number of likely N-dealkylation sites (tertiary alicyclic amines) is 1. The lowest BCUT2D eigenvalue weighted by molar-refractivity contribution is -0.133. The van der Waals surface area contributed by atoms with Crippen molar-refractivity contribution in [3.63, 3.8) is 0 Å². The quantitative estimate of drug-likeness (QED) is 0.792. The van der Waals surface area contributed by atoms with Crippen molar-refractivity contribution in [1.29, 1.82) is 0 Å². The number of thiophene rings is 1. The van der Waals surface area contributed by atoms with E-state index in [-0.39, 0.29) is 13.1 Å². The van der Waals surface area contributed by atoms with Crippen molar-refractivity contribution in [3.05, 3.63) is 40.8 Å². The molecule has 2 N–H and O–H groups in total. The van der Waals surface area contributed by atoms with Crippen molar-refractivity contribution < 1.29 is 13.6 Å². The Hall–Kier alpha value is -2.32. The van der Waals surface area contributed by atoms with Gasteiger partial charge in [0.05, 0.1) is 13.1 Å². The van der Waals surface area contributed by atoms with E-state index in [1.807, 2.05) is 17.5 Å². The fourth-order valence-corrected chi connectivity index (χ4v) is 3.77. The van der Waals surface area contributed by atoms with Crippen LogP contribution in [-0.2, 0) is 6.54 Å². The maximum atomic E-state index is 12.9. The minimum Gasteiger partial charge on any atom is -0.351 e. The fraction of sp³-hybridized carbons (Fsp3) is 0.250. The first-order chi connectivity index (χ1) is 11.4. The number of hydrogen-bond donors (Lipinski definition) is 1. The van der Waals surface area contributed by atoms with Crippen LogP contribution in [0.2, 0.25) is 0 Å². The van der Waals surface area contributed by atoms with Crippen LogP contribution < -0.4 is 5.73 Å². The van der Waals surface area contributed by atoms with Crippen molar-refractivity contribution in [3.8, 4) is 11.1 Å². The molecule has 24 heavy (non-hydrogen) atoms. The second-order valence-corrected chi connectivity index (χ2v) is 6.88. The zero-order valence-electron chi connectivity index (χ0n) is 12.5. The lowest BCUT2D eigenvalue weighted by Gasteiger charge is -2.38. The van der Waals surface area contributed by atoms with Crippen molar-refractivity contribution >= 4 is 28.4 Å². The minimum atomic E-state index is -2.54. The average Bonchev–Trinajstić information content (AvgIpc) is 3.10. The molecule has 4 rings (SSSR count). The number of halogens is 2. The smallest absolute Gasteiger partial charge is 0.324 e. The zero-order chi connectivity index (χ0) is 16.9. The number of fused-ring (bicyclic) bond motifs is 1. The van der Waals surface area contributed by atoms with Crippen molar-refractivity contribution in [2.75, 3.05) is 13.1 Å². The first-order valence-corrected chi connectivity index (χ1v) is 8.16. The SMILES string of the molecule is NC(=O)n1c[c]c2cc(-c3csc(CN4CC(F)(F)C4)c3)cnc21. The van der Waals surface area contributed by atoms with Crippen LogP contribution in [0, 0.1) is 6.07 Å². The summed E-state index contributed by atoms with van der Waals surface area (Å²) in [4.78, 5) is 18.3. The molecule has 1 amide bonds. The topological polar surface area (TPSA) is 64.2 Å². The Morgan fingerprint density at radius 1 is 1.38 bits per heavy atom. The van der Waals surface area contributed by atoms with E-state index in [1.54, 1.807) is 11.1 Å². The number of nitrogens with two attached hydrogens (primary N) is 1. The second-order valence-electron chi connectivity index (χ2n) is 5.88. The summed E-state index contributed by atoms with van der Waals surface area (Å²) in [5.74, 6) is -2.54. The first-order valence-electron chi connectivity index (χ1n) is 7.28.